The van der Waals surface area contributed by atoms with E-state index in [0.717, 1.165) is 0 Å². The molecule has 0 bridgehead atoms. The van der Waals surface area contributed by atoms with Crippen molar-refractivity contribution < 1.29 is 9.53 Å². The van der Waals surface area contributed by atoms with E-state index < -0.39 is 6.09 Å². The molecular formula is C9H14N2O2. The van der Waals surface area contributed by atoms with Gasteiger partial charge in [0.15, 0.2) is 0 Å². The van der Waals surface area contributed by atoms with Crippen molar-refractivity contribution >= 4 is 11.8 Å². The number of methoxy groups -OCH3 is 1. The zero-order chi connectivity index (χ0) is 10.1. The molecule has 72 valence electrons. The number of hydrogen-bond acceptors (Lipinski definition) is 3. The van der Waals surface area contributed by atoms with Gasteiger partial charge in [0, 0.05) is 6.20 Å². The maximum absolute atomic E-state index is 10.6. The van der Waals surface area contributed by atoms with Crippen LogP contribution in [0.3, 0.4) is 0 Å². The van der Waals surface area contributed by atoms with Crippen LogP contribution in [-0.4, -0.2) is 18.2 Å². The lowest BCUT2D eigenvalue weighted by molar-refractivity contribution is 0.187. The summed E-state index contributed by atoms with van der Waals surface area (Å²) in [6, 6.07) is 3.45. The van der Waals surface area contributed by atoms with Gasteiger partial charge in [0.1, 0.15) is 0 Å². The van der Waals surface area contributed by atoms with Gasteiger partial charge in [-0.05, 0) is 12.1 Å². The van der Waals surface area contributed by atoms with Gasteiger partial charge in [-0.25, -0.2) is 4.79 Å². The van der Waals surface area contributed by atoms with Crippen LogP contribution in [-0.2, 0) is 4.74 Å². The third-order valence-corrected chi connectivity index (χ3v) is 1.09. The molecule has 1 N–H and O–H groups in total. The first-order valence-corrected chi connectivity index (χ1v) is 4.08. The van der Waals surface area contributed by atoms with E-state index in [9.17, 15) is 4.79 Å². The fourth-order valence-electron chi connectivity index (χ4n) is 0.606. The number of pyridine rings is 1. The smallest absolute Gasteiger partial charge is 0.411 e. The van der Waals surface area contributed by atoms with E-state index in [1.807, 2.05) is 13.8 Å². The summed E-state index contributed by atoms with van der Waals surface area (Å²) in [5, 5.41) is 2.47. The van der Waals surface area contributed by atoms with Crippen molar-refractivity contribution in [2.75, 3.05) is 12.4 Å². The van der Waals surface area contributed by atoms with E-state index in [1.54, 1.807) is 18.3 Å². The van der Waals surface area contributed by atoms with Gasteiger partial charge >= 0.3 is 6.09 Å². The minimum atomic E-state index is -0.488. The summed E-state index contributed by atoms with van der Waals surface area (Å²) in [5.74, 6) is 0. The minimum absolute atomic E-state index is 0.488. The van der Waals surface area contributed by atoms with Crippen molar-refractivity contribution in [2.45, 2.75) is 13.8 Å². The molecule has 0 saturated heterocycles. The van der Waals surface area contributed by atoms with Crippen LogP contribution in [0.5, 0.6) is 0 Å². The Bertz CT molecular complexity index is 237. The van der Waals surface area contributed by atoms with E-state index in [0.29, 0.717) is 5.69 Å². The predicted octanol–water partition coefficient (Wildman–Crippen LogP) is 2.29. The summed E-state index contributed by atoms with van der Waals surface area (Å²) in [4.78, 5) is 14.4. The molecule has 0 unspecified atom stereocenters. The largest absolute Gasteiger partial charge is 0.453 e. The molecule has 0 aliphatic heterocycles. The Morgan fingerprint density at radius 1 is 1.54 bits per heavy atom. The highest BCUT2D eigenvalue weighted by molar-refractivity contribution is 5.83. The Morgan fingerprint density at radius 2 is 2.23 bits per heavy atom. The second kappa shape index (κ2) is 7.09. The molecule has 1 amide bonds. The van der Waals surface area contributed by atoms with Gasteiger partial charge in [-0.1, -0.05) is 13.8 Å². The van der Waals surface area contributed by atoms with Crippen LogP contribution in [0.25, 0.3) is 0 Å². The van der Waals surface area contributed by atoms with Crippen LogP contribution in [0.2, 0.25) is 0 Å². The third kappa shape index (κ3) is 4.79. The number of rotatable bonds is 1. The Kier molecular flexibility index (Phi) is 6.23. The summed E-state index contributed by atoms with van der Waals surface area (Å²) < 4.78 is 4.38. The van der Waals surface area contributed by atoms with Crippen LogP contribution < -0.4 is 5.32 Å². The Hall–Kier alpha value is -1.58. The molecule has 0 radical (unpaired) electrons. The minimum Gasteiger partial charge on any atom is -0.453 e. The number of ether oxygens (including phenoxy) is 1. The average Bonchev–Trinajstić information content (AvgIpc) is 2.22. The van der Waals surface area contributed by atoms with Gasteiger partial charge in [-0.2, -0.15) is 0 Å². The topological polar surface area (TPSA) is 51.2 Å². The highest BCUT2D eigenvalue weighted by Gasteiger charge is 1.97. The van der Waals surface area contributed by atoms with Crippen LogP contribution in [0, 0.1) is 0 Å². The molecule has 0 aliphatic rings. The van der Waals surface area contributed by atoms with Crippen molar-refractivity contribution in [3.8, 4) is 0 Å². The van der Waals surface area contributed by atoms with Crippen molar-refractivity contribution in [2.24, 2.45) is 0 Å². The normalized spacial score (nSPS) is 7.92. The van der Waals surface area contributed by atoms with Crippen molar-refractivity contribution in [1.82, 2.24) is 4.98 Å². The zero-order valence-corrected chi connectivity index (χ0v) is 8.07. The van der Waals surface area contributed by atoms with E-state index >= 15 is 0 Å². The number of amides is 1. The number of aromatic nitrogens is 1. The standard InChI is InChI=1S/C7H8N2O2.C2H6/c1-11-7(10)9-6-3-2-4-8-5-6;1-2/h2-5H,1H3,(H,9,10);1-2H3. The first kappa shape index (κ1) is 11.4. The number of hydrogen-bond donors (Lipinski definition) is 1. The van der Waals surface area contributed by atoms with Crippen molar-refractivity contribution in [3.05, 3.63) is 24.5 Å². The number of carbonyl (C=O) groups excluding carboxylic acids is 1. The van der Waals surface area contributed by atoms with Crippen LogP contribution in [0.15, 0.2) is 24.5 Å². The molecule has 0 atom stereocenters. The summed E-state index contributed by atoms with van der Waals surface area (Å²) in [7, 11) is 1.31. The lowest BCUT2D eigenvalue weighted by Gasteiger charge is -2.00. The van der Waals surface area contributed by atoms with Gasteiger partial charge in [0.25, 0.3) is 0 Å². The highest BCUT2D eigenvalue weighted by Crippen LogP contribution is 2.01. The molecule has 1 aromatic rings. The Labute approximate surface area is 77.9 Å². The molecule has 0 spiro atoms. The zero-order valence-electron chi connectivity index (χ0n) is 8.07. The van der Waals surface area contributed by atoms with E-state index in [-0.39, 0.29) is 0 Å². The second-order valence-corrected chi connectivity index (χ2v) is 1.86. The molecule has 1 aromatic heterocycles. The summed E-state index contributed by atoms with van der Waals surface area (Å²) >= 11 is 0. The van der Waals surface area contributed by atoms with Crippen molar-refractivity contribution in [3.63, 3.8) is 0 Å². The number of nitrogens with zero attached hydrogens (tertiary/aromatic N) is 1. The monoisotopic (exact) mass is 182 g/mol. The fraction of sp³-hybridized carbons (Fsp3) is 0.333. The van der Waals surface area contributed by atoms with Crippen LogP contribution in [0.4, 0.5) is 10.5 Å². The fourth-order valence-corrected chi connectivity index (χ4v) is 0.606. The lowest BCUT2D eigenvalue weighted by Crippen LogP contribution is -2.10. The molecule has 1 rings (SSSR count). The molecule has 4 heteroatoms. The number of nitrogens with one attached hydrogen (secondary N) is 1. The lowest BCUT2D eigenvalue weighted by atomic mass is 10.4. The SMILES string of the molecule is CC.COC(=O)Nc1cccnc1. The molecule has 0 saturated carbocycles. The highest BCUT2D eigenvalue weighted by atomic mass is 16.5. The van der Waals surface area contributed by atoms with Crippen molar-refractivity contribution in [1.29, 1.82) is 0 Å². The van der Waals surface area contributed by atoms with Gasteiger partial charge in [-0.15, -0.1) is 0 Å². The van der Waals surface area contributed by atoms with E-state index in [1.165, 1.54) is 13.3 Å². The average molecular weight is 182 g/mol. The quantitative estimate of drug-likeness (QED) is 0.724. The molecule has 0 aromatic carbocycles. The Morgan fingerprint density at radius 3 is 2.69 bits per heavy atom. The summed E-state index contributed by atoms with van der Waals surface area (Å²) in [6.45, 7) is 4.00. The molecule has 4 nitrogen and oxygen atoms in total. The second-order valence-electron chi connectivity index (χ2n) is 1.86. The van der Waals surface area contributed by atoms with Gasteiger partial charge in [0.05, 0.1) is 19.0 Å². The molecular weight excluding hydrogens is 168 g/mol. The third-order valence-electron chi connectivity index (χ3n) is 1.09. The molecule has 0 fully saturated rings. The van der Waals surface area contributed by atoms with Gasteiger partial charge < -0.3 is 4.74 Å². The maximum atomic E-state index is 10.6. The summed E-state index contributed by atoms with van der Waals surface area (Å²) in [6.07, 6.45) is 2.68. The van der Waals surface area contributed by atoms with Crippen LogP contribution in [0.1, 0.15) is 13.8 Å². The maximum Gasteiger partial charge on any atom is 0.411 e. The first-order valence-electron chi connectivity index (χ1n) is 4.08. The molecule has 1 heterocycles. The number of anilines is 1. The van der Waals surface area contributed by atoms with Crippen LogP contribution >= 0.6 is 0 Å². The Balaban J connectivity index is 0.000000671. The number of carbonyl (C=O) groups is 1. The molecule has 0 aliphatic carbocycles. The molecule has 13 heavy (non-hydrogen) atoms. The van der Waals surface area contributed by atoms with Gasteiger partial charge in [-0.3, -0.25) is 10.3 Å². The first-order chi connectivity index (χ1) is 6.33. The van der Waals surface area contributed by atoms with E-state index in [2.05, 4.69) is 15.0 Å². The predicted molar refractivity (Wildman–Crippen MR) is 51.6 cm³/mol. The van der Waals surface area contributed by atoms with Gasteiger partial charge in [0.2, 0.25) is 0 Å². The summed E-state index contributed by atoms with van der Waals surface area (Å²) in [5.41, 5.74) is 0.624. The van der Waals surface area contributed by atoms with E-state index in [4.69, 9.17) is 0 Å².